The van der Waals surface area contributed by atoms with Crippen LogP contribution < -0.4 is 5.43 Å². The van der Waals surface area contributed by atoms with Gasteiger partial charge in [-0.1, -0.05) is 48.0 Å². The van der Waals surface area contributed by atoms with Gasteiger partial charge >= 0.3 is 0 Å². The number of amides is 1. The first-order valence-corrected chi connectivity index (χ1v) is 8.72. The van der Waals surface area contributed by atoms with E-state index in [2.05, 4.69) is 25.7 Å². The molecule has 2 aromatic heterocycles. The first-order valence-electron chi connectivity index (χ1n) is 8.34. The summed E-state index contributed by atoms with van der Waals surface area (Å²) in [5, 5.41) is 12.6. The lowest BCUT2D eigenvalue weighted by atomic mass is 10.1. The van der Waals surface area contributed by atoms with Crippen LogP contribution >= 0.6 is 11.6 Å². The van der Waals surface area contributed by atoms with Gasteiger partial charge in [-0.05, 0) is 25.1 Å². The average Bonchev–Trinajstić information content (AvgIpc) is 3.27. The first-order chi connectivity index (χ1) is 13.1. The lowest BCUT2D eigenvalue weighted by molar-refractivity contribution is 0.0950. The summed E-state index contributed by atoms with van der Waals surface area (Å²) in [5.74, 6) is -0.380. The number of rotatable bonds is 4. The number of benzene rings is 2. The highest BCUT2D eigenvalue weighted by Crippen LogP contribution is 2.26. The van der Waals surface area contributed by atoms with E-state index in [-0.39, 0.29) is 5.91 Å². The van der Waals surface area contributed by atoms with Crippen molar-refractivity contribution in [3.63, 3.8) is 0 Å². The number of para-hydroxylation sites is 1. The Morgan fingerprint density at radius 3 is 2.81 bits per heavy atom. The van der Waals surface area contributed by atoms with Crippen LogP contribution in [0.15, 0.2) is 59.7 Å². The van der Waals surface area contributed by atoms with Crippen LogP contribution in [0.2, 0.25) is 5.02 Å². The summed E-state index contributed by atoms with van der Waals surface area (Å²) in [6, 6.07) is 16.9. The average molecular weight is 378 g/mol. The van der Waals surface area contributed by atoms with E-state index in [1.54, 1.807) is 18.3 Å². The molecule has 4 rings (SSSR count). The second-order valence-corrected chi connectivity index (χ2v) is 6.46. The van der Waals surface area contributed by atoms with Gasteiger partial charge in [0.05, 0.1) is 16.9 Å². The lowest BCUT2D eigenvalue weighted by Gasteiger charge is -1.98. The molecular formula is C20H16ClN5O. The predicted molar refractivity (Wildman–Crippen MR) is 107 cm³/mol. The zero-order valence-electron chi connectivity index (χ0n) is 14.5. The number of nitrogens with one attached hydrogen (secondary N) is 3. The van der Waals surface area contributed by atoms with E-state index in [0.29, 0.717) is 16.4 Å². The number of aromatic amines is 2. The number of carbonyl (C=O) groups excluding carboxylic acids is 1. The maximum Gasteiger partial charge on any atom is 0.289 e. The Balaban J connectivity index is 1.51. The van der Waals surface area contributed by atoms with E-state index in [1.807, 2.05) is 49.4 Å². The van der Waals surface area contributed by atoms with Gasteiger partial charge in [0.2, 0.25) is 0 Å². The minimum absolute atomic E-state index is 0.303. The molecule has 27 heavy (non-hydrogen) atoms. The minimum atomic E-state index is -0.380. The number of carbonyl (C=O) groups is 1. The van der Waals surface area contributed by atoms with Gasteiger partial charge in [0.15, 0.2) is 0 Å². The zero-order chi connectivity index (χ0) is 18.8. The summed E-state index contributed by atoms with van der Waals surface area (Å²) in [5.41, 5.74) is 7.13. The van der Waals surface area contributed by atoms with Crippen molar-refractivity contribution >= 4 is 34.6 Å². The topological polar surface area (TPSA) is 85.9 Å². The largest absolute Gasteiger partial charge is 0.358 e. The summed E-state index contributed by atoms with van der Waals surface area (Å²) >= 11 is 6.17. The Kier molecular flexibility index (Phi) is 4.48. The van der Waals surface area contributed by atoms with Gasteiger partial charge in [-0.2, -0.15) is 10.2 Å². The summed E-state index contributed by atoms with van der Waals surface area (Å²) in [6.07, 6.45) is 1.64. The van der Waals surface area contributed by atoms with Gasteiger partial charge in [0, 0.05) is 27.7 Å². The van der Waals surface area contributed by atoms with Crippen molar-refractivity contribution in [1.82, 2.24) is 20.6 Å². The van der Waals surface area contributed by atoms with E-state index in [4.69, 9.17) is 11.6 Å². The van der Waals surface area contributed by atoms with Gasteiger partial charge in [-0.3, -0.25) is 9.89 Å². The summed E-state index contributed by atoms with van der Waals surface area (Å²) in [6.45, 7) is 1.97. The number of hydrogen-bond acceptors (Lipinski definition) is 3. The minimum Gasteiger partial charge on any atom is -0.358 e. The van der Waals surface area contributed by atoms with Gasteiger partial charge in [-0.25, -0.2) is 5.43 Å². The molecule has 6 nitrogen and oxygen atoms in total. The van der Waals surface area contributed by atoms with Crippen molar-refractivity contribution in [2.24, 2.45) is 5.10 Å². The maximum absolute atomic E-state index is 12.3. The van der Waals surface area contributed by atoms with Crippen LogP contribution in [0.4, 0.5) is 0 Å². The molecule has 0 spiro atoms. The SMILES string of the molecule is Cc1[nH]c2ccccc2c1C=NNC(=O)c1cc(-c2ccccc2Cl)n[nH]1. The molecule has 0 radical (unpaired) electrons. The molecular weight excluding hydrogens is 362 g/mol. The van der Waals surface area contributed by atoms with Crippen molar-refractivity contribution in [2.75, 3.05) is 0 Å². The Morgan fingerprint density at radius 2 is 1.96 bits per heavy atom. The fourth-order valence-electron chi connectivity index (χ4n) is 2.93. The van der Waals surface area contributed by atoms with Crippen LogP contribution in [0.5, 0.6) is 0 Å². The van der Waals surface area contributed by atoms with Crippen LogP contribution in [-0.2, 0) is 0 Å². The van der Waals surface area contributed by atoms with Gasteiger partial charge in [0.1, 0.15) is 5.69 Å². The van der Waals surface area contributed by atoms with Crippen molar-refractivity contribution in [3.05, 3.63) is 76.6 Å². The molecule has 0 aliphatic rings. The van der Waals surface area contributed by atoms with Crippen LogP contribution in [0.3, 0.4) is 0 Å². The van der Waals surface area contributed by atoms with Crippen LogP contribution in [-0.4, -0.2) is 27.3 Å². The lowest BCUT2D eigenvalue weighted by Crippen LogP contribution is -2.18. The fraction of sp³-hybridized carbons (Fsp3) is 0.0500. The molecule has 2 heterocycles. The molecule has 1 amide bonds. The Labute approximate surface area is 160 Å². The van der Waals surface area contributed by atoms with Crippen molar-refractivity contribution in [2.45, 2.75) is 6.92 Å². The number of hydrogen-bond donors (Lipinski definition) is 3. The smallest absolute Gasteiger partial charge is 0.289 e. The second kappa shape index (κ2) is 7.09. The van der Waals surface area contributed by atoms with E-state index in [1.165, 1.54) is 0 Å². The molecule has 134 valence electrons. The molecule has 4 aromatic rings. The Morgan fingerprint density at radius 1 is 1.19 bits per heavy atom. The van der Waals surface area contributed by atoms with Crippen molar-refractivity contribution < 1.29 is 4.79 Å². The molecule has 0 fully saturated rings. The summed E-state index contributed by atoms with van der Waals surface area (Å²) in [7, 11) is 0. The highest BCUT2D eigenvalue weighted by atomic mass is 35.5. The zero-order valence-corrected chi connectivity index (χ0v) is 15.2. The van der Waals surface area contributed by atoms with Crippen LogP contribution in [0.25, 0.3) is 22.2 Å². The third-order valence-electron chi connectivity index (χ3n) is 4.28. The molecule has 0 aliphatic heterocycles. The molecule has 2 aromatic carbocycles. The van der Waals surface area contributed by atoms with E-state index >= 15 is 0 Å². The number of aryl methyl sites for hydroxylation is 1. The number of fused-ring (bicyclic) bond motifs is 1. The van der Waals surface area contributed by atoms with Crippen LogP contribution in [0.1, 0.15) is 21.7 Å². The number of nitrogens with zero attached hydrogens (tertiary/aromatic N) is 2. The quantitative estimate of drug-likeness (QED) is 0.366. The van der Waals surface area contributed by atoms with Crippen molar-refractivity contribution in [3.8, 4) is 11.3 Å². The fourth-order valence-corrected chi connectivity index (χ4v) is 3.16. The van der Waals surface area contributed by atoms with E-state index < -0.39 is 0 Å². The first kappa shape index (κ1) is 17.1. The number of aromatic nitrogens is 3. The molecule has 0 atom stereocenters. The molecule has 0 saturated heterocycles. The summed E-state index contributed by atoms with van der Waals surface area (Å²) in [4.78, 5) is 15.6. The third-order valence-corrected chi connectivity index (χ3v) is 4.61. The number of H-pyrrole nitrogens is 2. The normalized spacial score (nSPS) is 11.3. The molecule has 3 N–H and O–H groups in total. The molecule has 0 bridgehead atoms. The maximum atomic E-state index is 12.3. The monoisotopic (exact) mass is 377 g/mol. The highest BCUT2D eigenvalue weighted by molar-refractivity contribution is 6.33. The standard InChI is InChI=1S/C20H16ClN5O/c1-12-15(13-6-3-5-9-17(13)23-12)11-22-26-20(27)19-10-18(24-25-19)14-7-2-4-8-16(14)21/h2-11,23H,1H3,(H,24,25)(H,26,27). The molecule has 7 heteroatoms. The van der Waals surface area contributed by atoms with Crippen LogP contribution in [0, 0.1) is 6.92 Å². The van der Waals surface area contributed by atoms with Gasteiger partial charge in [0.25, 0.3) is 5.91 Å². The van der Waals surface area contributed by atoms with Gasteiger partial charge in [-0.15, -0.1) is 0 Å². The number of hydrazone groups is 1. The molecule has 0 aliphatic carbocycles. The second-order valence-electron chi connectivity index (χ2n) is 6.06. The van der Waals surface area contributed by atoms with E-state index in [0.717, 1.165) is 27.7 Å². The van der Waals surface area contributed by atoms with Crippen molar-refractivity contribution in [1.29, 1.82) is 0 Å². The number of halogens is 1. The molecule has 0 unspecified atom stereocenters. The Bertz CT molecular complexity index is 1160. The third kappa shape index (κ3) is 3.35. The Hall–Kier alpha value is -3.38. The predicted octanol–water partition coefficient (Wildman–Crippen LogP) is 4.28. The molecule has 0 saturated carbocycles. The highest BCUT2D eigenvalue weighted by Gasteiger charge is 2.12. The van der Waals surface area contributed by atoms with E-state index in [9.17, 15) is 4.79 Å². The summed E-state index contributed by atoms with van der Waals surface area (Å²) < 4.78 is 0. The van der Waals surface area contributed by atoms with Gasteiger partial charge < -0.3 is 4.98 Å².